The lowest BCUT2D eigenvalue weighted by Gasteiger charge is -2.25. The van der Waals surface area contributed by atoms with Crippen LogP contribution in [0.15, 0.2) is 42.9 Å². The zero-order valence-electron chi connectivity index (χ0n) is 20.3. The molecule has 0 bridgehead atoms. The number of imidazole rings is 1. The summed E-state index contributed by atoms with van der Waals surface area (Å²) in [4.78, 5) is 57.4. The lowest BCUT2D eigenvalue weighted by atomic mass is 10.0. The van der Waals surface area contributed by atoms with E-state index in [-0.39, 0.29) is 30.9 Å². The molecule has 0 spiro atoms. The third-order valence-corrected chi connectivity index (χ3v) is 5.78. The molecule has 0 fully saturated rings. The van der Waals surface area contributed by atoms with Crippen molar-refractivity contribution in [1.82, 2.24) is 25.9 Å². The number of carbonyl (C=O) groups is 4. The third kappa shape index (κ3) is 9.34. The van der Waals surface area contributed by atoms with Gasteiger partial charge in [-0.25, -0.2) is 9.78 Å². The van der Waals surface area contributed by atoms with Crippen LogP contribution in [-0.2, 0) is 32.0 Å². The quantitative estimate of drug-likeness (QED) is 0.172. The Balaban J connectivity index is 2.25. The first-order valence-corrected chi connectivity index (χ1v) is 12.3. The van der Waals surface area contributed by atoms with Gasteiger partial charge in [-0.05, 0) is 17.9 Å². The number of aliphatic carboxylic acids is 1. The van der Waals surface area contributed by atoms with E-state index in [4.69, 9.17) is 5.73 Å². The molecule has 12 heteroatoms. The molecule has 1 heterocycles. The summed E-state index contributed by atoms with van der Waals surface area (Å²) in [6.07, 6.45) is 3.35. The SMILES string of the molecule is CC(C)CC(NC(=O)C(Cc1cnc[nH]1)NC(=O)C(Cc1ccccc1)NC(=O)C(N)CS)C(=O)O. The molecule has 2 aromatic rings. The molecular weight excluding hydrogens is 484 g/mol. The van der Waals surface area contributed by atoms with Crippen LogP contribution in [0, 0.1) is 5.92 Å². The highest BCUT2D eigenvalue weighted by atomic mass is 32.1. The average molecular weight is 519 g/mol. The third-order valence-electron chi connectivity index (χ3n) is 5.38. The molecule has 11 nitrogen and oxygen atoms in total. The fraction of sp³-hybridized carbons (Fsp3) is 0.458. The van der Waals surface area contributed by atoms with Gasteiger partial charge in [0.2, 0.25) is 17.7 Å². The highest BCUT2D eigenvalue weighted by Gasteiger charge is 2.31. The number of amides is 3. The summed E-state index contributed by atoms with van der Waals surface area (Å²) < 4.78 is 0. The molecule has 4 unspecified atom stereocenters. The van der Waals surface area contributed by atoms with Crippen LogP contribution in [0.1, 0.15) is 31.5 Å². The maximum absolute atomic E-state index is 13.3. The largest absolute Gasteiger partial charge is 0.480 e. The molecule has 36 heavy (non-hydrogen) atoms. The van der Waals surface area contributed by atoms with Gasteiger partial charge in [0, 0.05) is 30.5 Å². The number of nitrogens with one attached hydrogen (secondary N) is 4. The maximum Gasteiger partial charge on any atom is 0.326 e. The second-order valence-electron chi connectivity index (χ2n) is 8.91. The van der Waals surface area contributed by atoms with Gasteiger partial charge in [-0.3, -0.25) is 14.4 Å². The van der Waals surface area contributed by atoms with E-state index in [0.717, 1.165) is 5.56 Å². The number of aromatic amines is 1. The fourth-order valence-corrected chi connectivity index (χ4v) is 3.65. The minimum atomic E-state index is -1.17. The zero-order valence-corrected chi connectivity index (χ0v) is 21.2. The van der Waals surface area contributed by atoms with E-state index in [1.54, 1.807) is 12.1 Å². The summed E-state index contributed by atoms with van der Waals surface area (Å²) in [5.74, 6) is -2.90. The van der Waals surface area contributed by atoms with Crippen LogP contribution in [0.5, 0.6) is 0 Å². The predicted octanol–water partition coefficient (Wildman–Crippen LogP) is 0.0371. The maximum atomic E-state index is 13.3. The molecule has 0 radical (unpaired) electrons. The van der Waals surface area contributed by atoms with Crippen LogP contribution < -0.4 is 21.7 Å². The summed E-state index contributed by atoms with van der Waals surface area (Å²) in [6.45, 7) is 3.69. The topological polar surface area (TPSA) is 179 Å². The number of rotatable bonds is 14. The van der Waals surface area contributed by atoms with E-state index in [1.807, 2.05) is 32.0 Å². The number of H-pyrrole nitrogens is 1. The van der Waals surface area contributed by atoms with Gasteiger partial charge in [-0.1, -0.05) is 44.2 Å². The van der Waals surface area contributed by atoms with E-state index in [2.05, 4.69) is 38.5 Å². The second kappa shape index (κ2) is 14.2. The van der Waals surface area contributed by atoms with E-state index < -0.39 is 47.9 Å². The Morgan fingerprint density at radius 3 is 2.08 bits per heavy atom. The smallest absolute Gasteiger partial charge is 0.326 e. The van der Waals surface area contributed by atoms with Crippen molar-refractivity contribution >= 4 is 36.3 Å². The van der Waals surface area contributed by atoms with Crippen molar-refractivity contribution in [2.24, 2.45) is 11.7 Å². The molecule has 0 aliphatic carbocycles. The number of carboxylic acids is 1. The molecule has 0 aliphatic rings. The van der Waals surface area contributed by atoms with Gasteiger partial charge in [0.15, 0.2) is 0 Å². The molecule has 0 saturated carbocycles. The molecule has 7 N–H and O–H groups in total. The first-order chi connectivity index (χ1) is 17.1. The summed E-state index contributed by atoms with van der Waals surface area (Å²) in [6, 6.07) is 4.86. The number of benzene rings is 1. The Morgan fingerprint density at radius 1 is 0.972 bits per heavy atom. The van der Waals surface area contributed by atoms with Crippen molar-refractivity contribution in [1.29, 1.82) is 0 Å². The van der Waals surface area contributed by atoms with E-state index >= 15 is 0 Å². The van der Waals surface area contributed by atoms with Crippen molar-refractivity contribution in [3.8, 4) is 0 Å². The van der Waals surface area contributed by atoms with Gasteiger partial charge in [0.1, 0.15) is 18.1 Å². The summed E-state index contributed by atoms with van der Waals surface area (Å²) in [5.41, 5.74) is 7.12. The van der Waals surface area contributed by atoms with Crippen molar-refractivity contribution in [3.63, 3.8) is 0 Å². The Labute approximate surface area is 215 Å². The average Bonchev–Trinajstić information content (AvgIpc) is 3.35. The van der Waals surface area contributed by atoms with Crippen LogP contribution >= 0.6 is 12.6 Å². The Morgan fingerprint density at radius 2 is 1.56 bits per heavy atom. The Bertz CT molecular complexity index is 1000. The lowest BCUT2D eigenvalue weighted by Crippen LogP contribution is -2.58. The minimum absolute atomic E-state index is 0.0218. The van der Waals surface area contributed by atoms with Crippen molar-refractivity contribution in [2.45, 2.75) is 57.3 Å². The Hall–Kier alpha value is -3.38. The number of hydrogen-bond acceptors (Lipinski definition) is 7. The number of hydrogen-bond donors (Lipinski definition) is 7. The highest BCUT2D eigenvalue weighted by Crippen LogP contribution is 2.08. The summed E-state index contributed by atoms with van der Waals surface area (Å²) in [5, 5.41) is 17.4. The molecule has 196 valence electrons. The highest BCUT2D eigenvalue weighted by molar-refractivity contribution is 7.80. The van der Waals surface area contributed by atoms with E-state index in [9.17, 15) is 24.3 Å². The lowest BCUT2D eigenvalue weighted by molar-refractivity contribution is -0.142. The van der Waals surface area contributed by atoms with Gasteiger partial charge < -0.3 is 31.8 Å². The van der Waals surface area contributed by atoms with Crippen LogP contribution in [-0.4, -0.2) is 68.7 Å². The molecular formula is C24H34N6O5S. The molecule has 0 aliphatic heterocycles. The van der Waals surface area contributed by atoms with Crippen LogP contribution in [0.3, 0.4) is 0 Å². The summed E-state index contributed by atoms with van der Waals surface area (Å²) >= 11 is 4.04. The predicted molar refractivity (Wildman–Crippen MR) is 137 cm³/mol. The van der Waals surface area contributed by atoms with Crippen molar-refractivity contribution < 1.29 is 24.3 Å². The van der Waals surface area contributed by atoms with Crippen LogP contribution in [0.4, 0.5) is 0 Å². The number of carboxylic acid groups (broad SMARTS) is 1. The number of nitrogens with two attached hydrogens (primary N) is 1. The molecule has 2 rings (SSSR count). The minimum Gasteiger partial charge on any atom is -0.480 e. The van der Waals surface area contributed by atoms with Gasteiger partial charge in [0.25, 0.3) is 0 Å². The number of nitrogens with zero attached hydrogens (tertiary/aromatic N) is 1. The molecule has 3 amide bonds. The zero-order chi connectivity index (χ0) is 26.7. The normalized spacial score (nSPS) is 14.4. The monoisotopic (exact) mass is 518 g/mol. The molecule has 4 atom stereocenters. The molecule has 1 aromatic heterocycles. The van der Waals surface area contributed by atoms with Crippen molar-refractivity contribution in [2.75, 3.05) is 5.75 Å². The summed E-state index contributed by atoms with van der Waals surface area (Å²) in [7, 11) is 0. The Kier molecular flexibility index (Phi) is 11.4. The van der Waals surface area contributed by atoms with Gasteiger partial charge in [0.05, 0.1) is 12.4 Å². The van der Waals surface area contributed by atoms with E-state index in [1.165, 1.54) is 12.5 Å². The van der Waals surface area contributed by atoms with Crippen molar-refractivity contribution in [3.05, 3.63) is 54.1 Å². The number of aromatic nitrogens is 2. The second-order valence-corrected chi connectivity index (χ2v) is 9.28. The first kappa shape index (κ1) is 28.9. The number of thiol groups is 1. The molecule has 1 aromatic carbocycles. The fourth-order valence-electron chi connectivity index (χ4n) is 3.48. The van der Waals surface area contributed by atoms with Gasteiger partial charge >= 0.3 is 5.97 Å². The van der Waals surface area contributed by atoms with Crippen LogP contribution in [0.2, 0.25) is 0 Å². The standard InChI is InChI=1S/C24H34N6O5S/c1-14(2)8-20(24(34)35)30-23(33)19(10-16-11-26-13-27-16)29-22(32)18(28-21(31)17(25)12-36)9-15-6-4-3-5-7-15/h3-7,11,13-14,17-20,36H,8-10,12,25H2,1-2H3,(H,26,27)(H,28,31)(H,29,32)(H,30,33)(H,34,35). The molecule has 0 saturated heterocycles. The first-order valence-electron chi connectivity index (χ1n) is 11.6. The number of carbonyl (C=O) groups excluding carboxylic acids is 3. The van der Waals surface area contributed by atoms with Gasteiger partial charge in [-0.15, -0.1) is 0 Å². The van der Waals surface area contributed by atoms with Gasteiger partial charge in [-0.2, -0.15) is 12.6 Å². The van der Waals surface area contributed by atoms with Crippen LogP contribution in [0.25, 0.3) is 0 Å². The van der Waals surface area contributed by atoms with E-state index in [0.29, 0.717) is 5.69 Å².